The second kappa shape index (κ2) is 10.9. The number of nitrogens with zero attached hydrogens (tertiary/aromatic N) is 1. The summed E-state index contributed by atoms with van der Waals surface area (Å²) in [7, 11) is 0. The monoisotopic (exact) mass is 450 g/mol. The SMILES string of the molecule is CCc1sc(-c2ccc(C)cc2)nc1C(=O)NCc1cc(CC(C)OC(C)C)ccc1C. The fraction of sp³-hybridized carbons (Fsp3) is 0.407. The molecule has 0 saturated carbocycles. The van der Waals surface area contributed by atoms with E-state index in [4.69, 9.17) is 4.74 Å². The van der Waals surface area contributed by atoms with Crippen LogP contribution in [0.15, 0.2) is 42.5 Å². The molecule has 170 valence electrons. The van der Waals surface area contributed by atoms with Crippen LogP contribution in [0.4, 0.5) is 0 Å². The molecule has 5 heteroatoms. The van der Waals surface area contributed by atoms with Crippen molar-refractivity contribution in [3.05, 3.63) is 75.3 Å². The van der Waals surface area contributed by atoms with Crippen LogP contribution < -0.4 is 5.32 Å². The Morgan fingerprint density at radius 1 is 1.09 bits per heavy atom. The number of carbonyl (C=O) groups excluding carboxylic acids is 1. The Morgan fingerprint density at radius 2 is 1.81 bits per heavy atom. The molecular formula is C27H34N2O2S. The predicted molar refractivity (Wildman–Crippen MR) is 133 cm³/mol. The van der Waals surface area contributed by atoms with Crippen molar-refractivity contribution in [1.29, 1.82) is 0 Å². The summed E-state index contributed by atoms with van der Waals surface area (Å²) < 4.78 is 5.87. The predicted octanol–water partition coefficient (Wildman–Crippen LogP) is 6.28. The van der Waals surface area contributed by atoms with Gasteiger partial charge in [-0.25, -0.2) is 4.98 Å². The van der Waals surface area contributed by atoms with Gasteiger partial charge in [-0.15, -0.1) is 11.3 Å². The molecule has 1 unspecified atom stereocenters. The Labute approximate surface area is 196 Å². The van der Waals surface area contributed by atoms with Gasteiger partial charge < -0.3 is 10.1 Å². The molecule has 1 atom stereocenters. The highest BCUT2D eigenvalue weighted by atomic mass is 32.1. The number of thiazole rings is 1. The Kier molecular flexibility index (Phi) is 8.21. The van der Waals surface area contributed by atoms with Crippen LogP contribution in [0.5, 0.6) is 0 Å². The van der Waals surface area contributed by atoms with Crippen molar-refractivity contribution in [2.75, 3.05) is 0 Å². The average molecular weight is 451 g/mol. The molecule has 0 aliphatic rings. The lowest BCUT2D eigenvalue weighted by molar-refractivity contribution is 0.0195. The van der Waals surface area contributed by atoms with E-state index in [0.29, 0.717) is 12.2 Å². The first-order valence-corrected chi connectivity index (χ1v) is 12.2. The highest BCUT2D eigenvalue weighted by molar-refractivity contribution is 7.15. The smallest absolute Gasteiger partial charge is 0.271 e. The molecule has 32 heavy (non-hydrogen) atoms. The van der Waals surface area contributed by atoms with Crippen molar-refractivity contribution in [2.45, 2.75) is 73.1 Å². The van der Waals surface area contributed by atoms with Crippen molar-refractivity contribution >= 4 is 17.2 Å². The maximum Gasteiger partial charge on any atom is 0.271 e. The first kappa shape index (κ1) is 24.1. The number of carbonyl (C=O) groups is 1. The van der Waals surface area contributed by atoms with Crippen molar-refractivity contribution in [2.24, 2.45) is 0 Å². The zero-order valence-electron chi connectivity index (χ0n) is 20.0. The molecule has 0 saturated heterocycles. The summed E-state index contributed by atoms with van der Waals surface area (Å²) in [5, 5.41) is 3.98. The van der Waals surface area contributed by atoms with E-state index in [2.05, 4.69) is 94.3 Å². The lowest BCUT2D eigenvalue weighted by atomic mass is 10.0. The van der Waals surface area contributed by atoms with Gasteiger partial charge in [0.1, 0.15) is 10.7 Å². The van der Waals surface area contributed by atoms with Crippen LogP contribution >= 0.6 is 11.3 Å². The molecule has 2 aromatic carbocycles. The molecule has 3 aromatic rings. The molecule has 0 bridgehead atoms. The number of nitrogens with one attached hydrogen (secondary N) is 1. The van der Waals surface area contributed by atoms with Crippen LogP contribution in [0, 0.1) is 13.8 Å². The number of rotatable bonds is 9. The fourth-order valence-corrected chi connectivity index (χ4v) is 4.74. The maximum atomic E-state index is 13.0. The summed E-state index contributed by atoms with van der Waals surface area (Å²) in [5.41, 5.74) is 6.32. The quantitative estimate of drug-likeness (QED) is 0.418. The van der Waals surface area contributed by atoms with Crippen molar-refractivity contribution in [1.82, 2.24) is 10.3 Å². The maximum absolute atomic E-state index is 13.0. The van der Waals surface area contributed by atoms with Gasteiger partial charge in [0.2, 0.25) is 0 Å². The summed E-state index contributed by atoms with van der Waals surface area (Å²) in [5.74, 6) is -0.113. The van der Waals surface area contributed by atoms with E-state index in [1.165, 1.54) is 16.7 Å². The standard InChI is InChI=1S/C27H34N2O2S/c1-7-24-25(29-27(32-24)22-12-8-18(4)9-13-22)26(30)28-16-23-15-21(11-10-19(23)5)14-20(6)31-17(2)3/h8-13,15,17,20H,7,14,16H2,1-6H3,(H,28,30). The number of aryl methyl sites for hydroxylation is 3. The van der Waals surface area contributed by atoms with E-state index < -0.39 is 0 Å². The molecule has 0 aliphatic carbocycles. The first-order valence-electron chi connectivity index (χ1n) is 11.4. The number of ether oxygens (including phenoxy) is 1. The minimum absolute atomic E-state index is 0.113. The van der Waals surface area contributed by atoms with Crippen molar-refractivity contribution < 1.29 is 9.53 Å². The van der Waals surface area contributed by atoms with E-state index >= 15 is 0 Å². The van der Waals surface area contributed by atoms with Gasteiger partial charge in [0.05, 0.1) is 12.2 Å². The number of aromatic nitrogens is 1. The molecule has 1 amide bonds. The van der Waals surface area contributed by atoms with Crippen LogP contribution in [-0.2, 0) is 24.1 Å². The van der Waals surface area contributed by atoms with Gasteiger partial charge in [-0.1, -0.05) is 55.0 Å². The highest BCUT2D eigenvalue weighted by Crippen LogP contribution is 2.29. The molecule has 3 rings (SSSR count). The van der Waals surface area contributed by atoms with Crippen LogP contribution in [0.3, 0.4) is 0 Å². The largest absolute Gasteiger partial charge is 0.376 e. The highest BCUT2D eigenvalue weighted by Gasteiger charge is 2.18. The van der Waals surface area contributed by atoms with Gasteiger partial charge in [-0.3, -0.25) is 4.79 Å². The molecule has 1 N–H and O–H groups in total. The normalized spacial score (nSPS) is 12.2. The average Bonchev–Trinajstić information content (AvgIpc) is 3.18. The van der Waals surface area contributed by atoms with Crippen LogP contribution in [0.2, 0.25) is 0 Å². The van der Waals surface area contributed by atoms with E-state index in [1.54, 1.807) is 11.3 Å². The van der Waals surface area contributed by atoms with E-state index in [-0.39, 0.29) is 18.1 Å². The van der Waals surface area contributed by atoms with Gasteiger partial charge >= 0.3 is 0 Å². The molecule has 0 radical (unpaired) electrons. The number of hydrogen-bond acceptors (Lipinski definition) is 4. The van der Waals surface area contributed by atoms with Gasteiger partial charge in [0, 0.05) is 17.0 Å². The second-order valence-electron chi connectivity index (χ2n) is 8.65. The molecule has 0 aliphatic heterocycles. The van der Waals surface area contributed by atoms with Gasteiger partial charge in [-0.2, -0.15) is 0 Å². The Balaban J connectivity index is 1.71. The van der Waals surface area contributed by atoms with Gasteiger partial charge in [0.25, 0.3) is 5.91 Å². The molecule has 1 heterocycles. The van der Waals surface area contributed by atoms with Gasteiger partial charge in [0.15, 0.2) is 0 Å². The molecule has 0 spiro atoms. The second-order valence-corrected chi connectivity index (χ2v) is 9.74. The Morgan fingerprint density at radius 3 is 2.47 bits per heavy atom. The van der Waals surface area contributed by atoms with Crippen molar-refractivity contribution in [3.8, 4) is 10.6 Å². The zero-order chi connectivity index (χ0) is 23.3. The zero-order valence-corrected chi connectivity index (χ0v) is 20.8. The van der Waals surface area contributed by atoms with Crippen LogP contribution in [0.25, 0.3) is 10.6 Å². The number of benzene rings is 2. The lowest BCUT2D eigenvalue weighted by Crippen LogP contribution is -2.24. The van der Waals surface area contributed by atoms with Crippen LogP contribution in [0.1, 0.15) is 65.3 Å². The molecule has 4 nitrogen and oxygen atoms in total. The summed E-state index contributed by atoms with van der Waals surface area (Å²) >= 11 is 1.60. The third-order valence-electron chi connectivity index (χ3n) is 5.41. The summed E-state index contributed by atoms with van der Waals surface area (Å²) in [6, 6.07) is 14.7. The third-order valence-corrected chi connectivity index (χ3v) is 6.66. The minimum Gasteiger partial charge on any atom is -0.376 e. The summed E-state index contributed by atoms with van der Waals surface area (Å²) in [4.78, 5) is 18.7. The fourth-order valence-electron chi connectivity index (χ4n) is 3.73. The lowest BCUT2D eigenvalue weighted by Gasteiger charge is -2.17. The van der Waals surface area contributed by atoms with E-state index in [9.17, 15) is 4.79 Å². The molecule has 0 fully saturated rings. The third kappa shape index (κ3) is 6.27. The Bertz CT molecular complexity index is 1050. The summed E-state index contributed by atoms with van der Waals surface area (Å²) in [6.45, 7) is 12.9. The van der Waals surface area contributed by atoms with Gasteiger partial charge in [-0.05, 0) is 64.2 Å². The minimum atomic E-state index is -0.113. The number of hydrogen-bond donors (Lipinski definition) is 1. The Hall–Kier alpha value is -2.50. The van der Waals surface area contributed by atoms with Crippen molar-refractivity contribution in [3.63, 3.8) is 0 Å². The van der Waals surface area contributed by atoms with Crippen LogP contribution in [-0.4, -0.2) is 23.1 Å². The topological polar surface area (TPSA) is 51.2 Å². The summed E-state index contributed by atoms with van der Waals surface area (Å²) in [6.07, 6.45) is 2.01. The number of amides is 1. The molecular weight excluding hydrogens is 416 g/mol. The van der Waals surface area contributed by atoms with E-state index in [0.717, 1.165) is 33.9 Å². The molecule has 1 aromatic heterocycles. The first-order chi connectivity index (χ1) is 15.3. The van der Waals surface area contributed by atoms with E-state index in [1.807, 2.05) is 0 Å².